The van der Waals surface area contributed by atoms with Crippen molar-refractivity contribution in [1.29, 1.82) is 0 Å². The number of pyridine rings is 1. The van der Waals surface area contributed by atoms with E-state index in [0.29, 0.717) is 6.54 Å². The molecule has 0 bridgehead atoms. The van der Waals surface area contributed by atoms with Gasteiger partial charge >= 0.3 is 0 Å². The van der Waals surface area contributed by atoms with Crippen LogP contribution in [0, 0.1) is 6.92 Å². The largest absolute Gasteiger partial charge is 0.364 e. The molecule has 76 valence electrons. The Morgan fingerprint density at radius 3 is 2.80 bits per heavy atom. The second-order valence-electron chi connectivity index (χ2n) is 3.27. The molecule has 1 N–H and O–H groups in total. The van der Waals surface area contributed by atoms with Crippen LogP contribution in [0.15, 0.2) is 36.7 Å². The molecule has 2 heterocycles. The number of hydrogen-bond donors (Lipinski definition) is 1. The molecule has 2 rings (SSSR count). The van der Waals surface area contributed by atoms with Crippen LogP contribution in [0.25, 0.3) is 0 Å². The van der Waals surface area contributed by atoms with Crippen molar-refractivity contribution in [3.05, 3.63) is 47.9 Å². The highest BCUT2D eigenvalue weighted by molar-refractivity contribution is 5.33. The van der Waals surface area contributed by atoms with Gasteiger partial charge in [-0.15, -0.1) is 5.10 Å². The second-order valence-corrected chi connectivity index (χ2v) is 3.27. The van der Waals surface area contributed by atoms with Gasteiger partial charge < -0.3 is 5.32 Å². The normalized spacial score (nSPS) is 9.93. The van der Waals surface area contributed by atoms with Crippen molar-refractivity contribution in [3.63, 3.8) is 0 Å². The number of anilines is 1. The first-order valence-corrected chi connectivity index (χ1v) is 4.78. The van der Waals surface area contributed by atoms with E-state index in [-0.39, 0.29) is 0 Å². The van der Waals surface area contributed by atoms with Crippen molar-refractivity contribution >= 4 is 5.82 Å². The van der Waals surface area contributed by atoms with Crippen molar-refractivity contribution in [2.75, 3.05) is 5.32 Å². The molecule has 4 nitrogen and oxygen atoms in total. The maximum Gasteiger partial charge on any atom is 0.148 e. The predicted molar refractivity (Wildman–Crippen MR) is 58.3 cm³/mol. The van der Waals surface area contributed by atoms with Gasteiger partial charge in [0.05, 0.1) is 5.69 Å². The van der Waals surface area contributed by atoms with Crippen LogP contribution in [0.4, 0.5) is 5.82 Å². The van der Waals surface area contributed by atoms with Gasteiger partial charge in [0.2, 0.25) is 0 Å². The highest BCUT2D eigenvalue weighted by atomic mass is 15.2. The molecule has 0 saturated heterocycles. The van der Waals surface area contributed by atoms with Crippen LogP contribution in [0.5, 0.6) is 0 Å². The smallest absolute Gasteiger partial charge is 0.148 e. The summed E-state index contributed by atoms with van der Waals surface area (Å²) >= 11 is 0. The summed E-state index contributed by atoms with van der Waals surface area (Å²) in [5, 5.41) is 11.1. The summed E-state index contributed by atoms with van der Waals surface area (Å²) < 4.78 is 0. The lowest BCUT2D eigenvalue weighted by Gasteiger charge is -2.04. The number of hydrogen-bond acceptors (Lipinski definition) is 4. The fourth-order valence-corrected chi connectivity index (χ4v) is 1.19. The molecule has 0 unspecified atom stereocenters. The Hall–Kier alpha value is -1.97. The zero-order chi connectivity index (χ0) is 10.5. The number of aryl methyl sites for hydroxylation is 1. The van der Waals surface area contributed by atoms with E-state index in [1.165, 1.54) is 0 Å². The maximum absolute atomic E-state index is 4.04. The van der Waals surface area contributed by atoms with E-state index >= 15 is 0 Å². The van der Waals surface area contributed by atoms with Gasteiger partial charge in [0.1, 0.15) is 5.82 Å². The lowest BCUT2D eigenvalue weighted by molar-refractivity contribution is 0.961. The molecule has 0 aromatic carbocycles. The Kier molecular flexibility index (Phi) is 2.88. The van der Waals surface area contributed by atoms with Crippen LogP contribution >= 0.6 is 0 Å². The average molecular weight is 200 g/mol. The zero-order valence-corrected chi connectivity index (χ0v) is 8.51. The number of nitrogens with zero attached hydrogens (tertiary/aromatic N) is 3. The van der Waals surface area contributed by atoms with Crippen molar-refractivity contribution < 1.29 is 0 Å². The monoisotopic (exact) mass is 200 g/mol. The van der Waals surface area contributed by atoms with Gasteiger partial charge in [0, 0.05) is 18.9 Å². The third-order valence-corrected chi connectivity index (χ3v) is 1.99. The summed E-state index contributed by atoms with van der Waals surface area (Å²) in [5.74, 6) is 0.782. The van der Waals surface area contributed by atoms with Crippen molar-refractivity contribution in [2.24, 2.45) is 0 Å². The summed E-state index contributed by atoms with van der Waals surface area (Å²) in [6.45, 7) is 2.63. The molecule has 0 aliphatic carbocycles. The minimum absolute atomic E-state index is 0.714. The van der Waals surface area contributed by atoms with Gasteiger partial charge in [0.15, 0.2) is 0 Å². The van der Waals surface area contributed by atoms with E-state index in [0.717, 1.165) is 17.1 Å². The first-order chi connectivity index (χ1) is 7.34. The summed E-state index contributed by atoms with van der Waals surface area (Å²) in [5.41, 5.74) is 2.04. The highest BCUT2D eigenvalue weighted by Gasteiger charge is 1.95. The summed E-state index contributed by atoms with van der Waals surface area (Å²) in [7, 11) is 0. The van der Waals surface area contributed by atoms with Gasteiger partial charge in [-0.3, -0.25) is 4.98 Å². The molecule has 15 heavy (non-hydrogen) atoms. The molecule has 2 aromatic rings. The average Bonchev–Trinajstić information content (AvgIpc) is 2.30. The van der Waals surface area contributed by atoms with Crippen LogP contribution in [-0.2, 0) is 6.54 Å². The molecule has 0 spiro atoms. The van der Waals surface area contributed by atoms with E-state index in [4.69, 9.17) is 0 Å². The number of aromatic nitrogens is 3. The standard InChI is InChI=1S/C11H12N4/c1-9-4-5-11(15-14-9)13-8-10-3-2-6-12-7-10/h2-7H,8H2,1H3,(H,13,15). The molecule has 0 saturated carbocycles. The Balaban J connectivity index is 1.96. The number of rotatable bonds is 3. The molecule has 0 atom stereocenters. The van der Waals surface area contributed by atoms with Gasteiger partial charge in [-0.2, -0.15) is 5.10 Å². The summed E-state index contributed by atoms with van der Waals surface area (Å²) in [6.07, 6.45) is 3.59. The molecule has 0 radical (unpaired) electrons. The van der Waals surface area contributed by atoms with E-state index in [1.54, 1.807) is 6.20 Å². The zero-order valence-electron chi connectivity index (χ0n) is 8.51. The molecule has 2 aromatic heterocycles. The van der Waals surface area contributed by atoms with Crippen LogP contribution in [0.3, 0.4) is 0 Å². The van der Waals surface area contributed by atoms with Crippen LogP contribution in [-0.4, -0.2) is 15.2 Å². The van der Waals surface area contributed by atoms with Crippen LogP contribution in [0.1, 0.15) is 11.3 Å². The minimum atomic E-state index is 0.714. The van der Waals surface area contributed by atoms with Crippen molar-refractivity contribution in [3.8, 4) is 0 Å². The van der Waals surface area contributed by atoms with Gasteiger partial charge in [0.25, 0.3) is 0 Å². The van der Waals surface area contributed by atoms with Gasteiger partial charge in [-0.1, -0.05) is 6.07 Å². The Morgan fingerprint density at radius 1 is 1.20 bits per heavy atom. The summed E-state index contributed by atoms with van der Waals surface area (Å²) in [6, 6.07) is 7.77. The molecule has 0 amide bonds. The first kappa shape index (κ1) is 9.58. The third-order valence-electron chi connectivity index (χ3n) is 1.99. The first-order valence-electron chi connectivity index (χ1n) is 4.78. The van der Waals surface area contributed by atoms with Crippen LogP contribution in [0.2, 0.25) is 0 Å². The molecule has 0 aliphatic heterocycles. The Labute approximate surface area is 88.4 Å². The quantitative estimate of drug-likeness (QED) is 0.820. The lowest BCUT2D eigenvalue weighted by Crippen LogP contribution is -2.02. The Morgan fingerprint density at radius 2 is 2.13 bits per heavy atom. The lowest BCUT2D eigenvalue weighted by atomic mass is 10.3. The second kappa shape index (κ2) is 4.50. The molecule has 0 aliphatic rings. The third kappa shape index (κ3) is 2.74. The van der Waals surface area contributed by atoms with Crippen LogP contribution < -0.4 is 5.32 Å². The molecular formula is C11H12N4. The fraction of sp³-hybridized carbons (Fsp3) is 0.182. The summed E-state index contributed by atoms with van der Waals surface area (Å²) in [4.78, 5) is 4.04. The SMILES string of the molecule is Cc1ccc(NCc2cccnc2)nn1. The van der Waals surface area contributed by atoms with E-state index < -0.39 is 0 Å². The topological polar surface area (TPSA) is 50.7 Å². The van der Waals surface area contributed by atoms with Crippen molar-refractivity contribution in [1.82, 2.24) is 15.2 Å². The fourth-order valence-electron chi connectivity index (χ4n) is 1.19. The van der Waals surface area contributed by atoms with Gasteiger partial charge in [-0.25, -0.2) is 0 Å². The molecular weight excluding hydrogens is 188 g/mol. The highest BCUT2D eigenvalue weighted by Crippen LogP contribution is 2.04. The Bertz CT molecular complexity index is 410. The number of nitrogens with one attached hydrogen (secondary N) is 1. The predicted octanol–water partition coefficient (Wildman–Crippen LogP) is 1.79. The molecule has 0 fully saturated rings. The minimum Gasteiger partial charge on any atom is -0.364 e. The van der Waals surface area contributed by atoms with E-state index in [1.807, 2.05) is 37.4 Å². The van der Waals surface area contributed by atoms with Gasteiger partial charge in [-0.05, 0) is 30.7 Å². The van der Waals surface area contributed by atoms with E-state index in [9.17, 15) is 0 Å². The maximum atomic E-state index is 4.04. The molecule has 4 heteroatoms. The van der Waals surface area contributed by atoms with E-state index in [2.05, 4.69) is 20.5 Å². The van der Waals surface area contributed by atoms with Crippen molar-refractivity contribution in [2.45, 2.75) is 13.5 Å².